The van der Waals surface area contributed by atoms with Gasteiger partial charge in [-0.2, -0.15) is 0 Å². The zero-order valence-corrected chi connectivity index (χ0v) is 8.54. The summed E-state index contributed by atoms with van der Waals surface area (Å²) < 4.78 is 0. The van der Waals surface area contributed by atoms with Gasteiger partial charge in [0, 0.05) is 11.6 Å². The van der Waals surface area contributed by atoms with Crippen LogP contribution in [0.4, 0.5) is 0 Å². The predicted molar refractivity (Wildman–Crippen MR) is 55.9 cm³/mol. The average Bonchev–Trinajstić information content (AvgIpc) is 2.53. The summed E-state index contributed by atoms with van der Waals surface area (Å²) in [6.07, 6.45) is 11.0. The number of nitrogens with one attached hydrogen (secondary N) is 1. The standard InChI is InChI=1S/C12H17N/c1-9(2)12(3)7-4-5-11-10(12)6-8-13-11/h4-10,13H,1-3H3. The fraction of sp³-hybridized carbons (Fsp3) is 0.500. The second kappa shape index (κ2) is 2.76. The molecule has 1 heteroatoms. The Morgan fingerprint density at radius 2 is 2.23 bits per heavy atom. The summed E-state index contributed by atoms with van der Waals surface area (Å²) >= 11 is 0. The first kappa shape index (κ1) is 8.61. The molecule has 70 valence electrons. The van der Waals surface area contributed by atoms with Gasteiger partial charge in [-0.05, 0) is 23.6 Å². The summed E-state index contributed by atoms with van der Waals surface area (Å²) in [5, 5.41) is 3.30. The lowest BCUT2D eigenvalue weighted by Crippen LogP contribution is -2.32. The Kier molecular flexibility index (Phi) is 1.83. The third kappa shape index (κ3) is 1.14. The highest BCUT2D eigenvalue weighted by atomic mass is 14.9. The van der Waals surface area contributed by atoms with Gasteiger partial charge in [0.2, 0.25) is 0 Å². The smallest absolute Gasteiger partial charge is 0.0277 e. The maximum Gasteiger partial charge on any atom is 0.0277 e. The SMILES string of the molecule is CC(C)C1(C)C=CC=C2NC=CC21. The van der Waals surface area contributed by atoms with E-state index >= 15 is 0 Å². The molecular weight excluding hydrogens is 158 g/mol. The van der Waals surface area contributed by atoms with Crippen LogP contribution >= 0.6 is 0 Å². The molecule has 13 heavy (non-hydrogen) atoms. The van der Waals surface area contributed by atoms with Crippen molar-refractivity contribution in [1.82, 2.24) is 5.32 Å². The van der Waals surface area contributed by atoms with E-state index in [9.17, 15) is 0 Å². The van der Waals surface area contributed by atoms with Crippen LogP contribution in [0.5, 0.6) is 0 Å². The van der Waals surface area contributed by atoms with Crippen molar-refractivity contribution < 1.29 is 0 Å². The van der Waals surface area contributed by atoms with E-state index in [2.05, 4.69) is 56.6 Å². The maximum absolute atomic E-state index is 3.30. The van der Waals surface area contributed by atoms with Crippen LogP contribution in [0.25, 0.3) is 0 Å². The van der Waals surface area contributed by atoms with E-state index in [1.54, 1.807) is 0 Å². The largest absolute Gasteiger partial charge is 0.365 e. The molecule has 2 unspecified atom stereocenters. The van der Waals surface area contributed by atoms with E-state index < -0.39 is 0 Å². The van der Waals surface area contributed by atoms with Crippen molar-refractivity contribution in [3.05, 3.63) is 36.2 Å². The van der Waals surface area contributed by atoms with Crippen LogP contribution in [-0.2, 0) is 0 Å². The highest BCUT2D eigenvalue weighted by molar-refractivity contribution is 5.34. The molecular formula is C12H17N. The van der Waals surface area contributed by atoms with Crippen LogP contribution in [0.3, 0.4) is 0 Å². The van der Waals surface area contributed by atoms with E-state index in [0.29, 0.717) is 11.8 Å². The minimum Gasteiger partial charge on any atom is -0.365 e. The van der Waals surface area contributed by atoms with Crippen LogP contribution in [0.1, 0.15) is 20.8 Å². The molecule has 1 aliphatic heterocycles. The lowest BCUT2D eigenvalue weighted by Gasteiger charge is -2.38. The summed E-state index contributed by atoms with van der Waals surface area (Å²) in [4.78, 5) is 0. The Morgan fingerprint density at radius 1 is 1.46 bits per heavy atom. The van der Waals surface area contributed by atoms with Crippen molar-refractivity contribution in [2.24, 2.45) is 17.3 Å². The lowest BCUT2D eigenvalue weighted by atomic mass is 9.66. The van der Waals surface area contributed by atoms with Gasteiger partial charge in [0.15, 0.2) is 0 Å². The Balaban J connectivity index is 2.37. The van der Waals surface area contributed by atoms with Crippen LogP contribution in [0, 0.1) is 17.3 Å². The number of allylic oxidation sites excluding steroid dienone is 4. The monoisotopic (exact) mass is 175 g/mol. The second-order valence-electron chi connectivity index (χ2n) is 4.48. The van der Waals surface area contributed by atoms with Crippen LogP contribution in [-0.4, -0.2) is 0 Å². The molecule has 0 aromatic carbocycles. The lowest BCUT2D eigenvalue weighted by molar-refractivity contribution is 0.238. The van der Waals surface area contributed by atoms with E-state index in [0.717, 1.165) is 0 Å². The van der Waals surface area contributed by atoms with Gasteiger partial charge in [-0.1, -0.05) is 39.0 Å². The molecule has 1 N–H and O–H groups in total. The summed E-state index contributed by atoms with van der Waals surface area (Å²) in [5.74, 6) is 1.22. The molecule has 2 atom stereocenters. The third-order valence-electron chi connectivity index (χ3n) is 3.52. The minimum atomic E-state index is 0.282. The van der Waals surface area contributed by atoms with Crippen LogP contribution in [0.15, 0.2) is 36.2 Å². The van der Waals surface area contributed by atoms with Gasteiger partial charge in [0.05, 0.1) is 0 Å². The van der Waals surface area contributed by atoms with E-state index in [1.807, 2.05) is 0 Å². The molecule has 1 heterocycles. The second-order valence-corrected chi connectivity index (χ2v) is 4.48. The van der Waals surface area contributed by atoms with Crippen molar-refractivity contribution in [1.29, 1.82) is 0 Å². The summed E-state index contributed by atoms with van der Waals surface area (Å²) in [6, 6.07) is 0. The third-order valence-corrected chi connectivity index (χ3v) is 3.52. The predicted octanol–water partition coefficient (Wildman–Crippen LogP) is 2.84. The molecule has 0 spiro atoms. The summed E-state index contributed by atoms with van der Waals surface area (Å²) in [5.41, 5.74) is 1.63. The van der Waals surface area contributed by atoms with Crippen LogP contribution < -0.4 is 5.32 Å². The van der Waals surface area contributed by atoms with Gasteiger partial charge >= 0.3 is 0 Å². The first-order valence-corrected chi connectivity index (χ1v) is 4.97. The topological polar surface area (TPSA) is 12.0 Å². The van der Waals surface area contributed by atoms with Gasteiger partial charge in [0.25, 0.3) is 0 Å². The molecule has 0 fully saturated rings. The van der Waals surface area contributed by atoms with Gasteiger partial charge in [-0.15, -0.1) is 0 Å². The maximum atomic E-state index is 3.30. The molecule has 0 aromatic rings. The number of hydrogen-bond acceptors (Lipinski definition) is 1. The van der Waals surface area contributed by atoms with Crippen molar-refractivity contribution in [3.63, 3.8) is 0 Å². The number of fused-ring (bicyclic) bond motifs is 1. The Hall–Kier alpha value is -0.980. The highest BCUT2D eigenvalue weighted by Gasteiger charge is 2.38. The van der Waals surface area contributed by atoms with Gasteiger partial charge < -0.3 is 5.32 Å². The molecule has 1 nitrogen and oxygen atoms in total. The molecule has 2 aliphatic rings. The zero-order chi connectivity index (χ0) is 9.47. The molecule has 0 saturated heterocycles. The molecule has 1 aliphatic carbocycles. The van der Waals surface area contributed by atoms with Crippen LogP contribution in [0.2, 0.25) is 0 Å². The van der Waals surface area contributed by atoms with E-state index in [1.165, 1.54) is 5.70 Å². The van der Waals surface area contributed by atoms with Crippen molar-refractivity contribution in [2.75, 3.05) is 0 Å². The Bertz CT molecular complexity index is 296. The number of hydrogen-bond donors (Lipinski definition) is 1. The molecule has 0 aromatic heterocycles. The van der Waals surface area contributed by atoms with Gasteiger partial charge in [0.1, 0.15) is 0 Å². The molecule has 0 saturated carbocycles. The average molecular weight is 175 g/mol. The fourth-order valence-corrected chi connectivity index (χ4v) is 2.14. The minimum absolute atomic E-state index is 0.282. The first-order valence-electron chi connectivity index (χ1n) is 4.97. The molecule has 0 radical (unpaired) electrons. The number of rotatable bonds is 1. The van der Waals surface area contributed by atoms with E-state index in [-0.39, 0.29) is 5.41 Å². The Morgan fingerprint density at radius 3 is 2.92 bits per heavy atom. The normalized spacial score (nSPS) is 36.0. The zero-order valence-electron chi connectivity index (χ0n) is 8.54. The Labute approximate surface area is 80.2 Å². The van der Waals surface area contributed by atoms with Gasteiger partial charge in [-0.3, -0.25) is 0 Å². The van der Waals surface area contributed by atoms with Crippen molar-refractivity contribution in [3.8, 4) is 0 Å². The van der Waals surface area contributed by atoms with E-state index in [4.69, 9.17) is 0 Å². The van der Waals surface area contributed by atoms with Gasteiger partial charge in [-0.25, -0.2) is 0 Å². The summed E-state index contributed by atoms with van der Waals surface area (Å²) in [7, 11) is 0. The molecule has 0 amide bonds. The molecule has 0 bridgehead atoms. The fourth-order valence-electron chi connectivity index (χ4n) is 2.14. The first-order chi connectivity index (χ1) is 6.14. The quantitative estimate of drug-likeness (QED) is 0.646. The highest BCUT2D eigenvalue weighted by Crippen LogP contribution is 2.44. The van der Waals surface area contributed by atoms with Crippen molar-refractivity contribution in [2.45, 2.75) is 20.8 Å². The molecule has 2 rings (SSSR count). The van der Waals surface area contributed by atoms with Crippen molar-refractivity contribution >= 4 is 0 Å². The summed E-state index contributed by atoms with van der Waals surface area (Å²) in [6.45, 7) is 6.92.